The monoisotopic (exact) mass is 208 g/mol. The van der Waals surface area contributed by atoms with Gasteiger partial charge in [0.1, 0.15) is 0 Å². The Morgan fingerprint density at radius 1 is 1.47 bits per heavy atom. The van der Waals surface area contributed by atoms with Crippen LogP contribution < -0.4 is 5.32 Å². The number of carbonyl (C=O) groups is 1. The highest BCUT2D eigenvalue weighted by atomic mass is 16.1. The molecule has 1 N–H and O–H groups in total. The van der Waals surface area contributed by atoms with Crippen molar-refractivity contribution >= 4 is 5.91 Å². The maximum absolute atomic E-state index is 11.0. The third-order valence-corrected chi connectivity index (χ3v) is 2.92. The van der Waals surface area contributed by atoms with Crippen molar-refractivity contribution in [1.29, 1.82) is 0 Å². The Hall–Kier alpha value is -1.25. The standard InChI is InChI=1S/C12H20N2O/c1-5-12(15)13-7-6-11-8-9(2)14(4)10(11)3/h8H,5-7H2,1-4H3,(H,13,15). The SMILES string of the molecule is CCC(=O)NCCc1cc(C)n(C)c1C. The van der Waals surface area contributed by atoms with Crippen LogP contribution in [0.15, 0.2) is 6.07 Å². The normalized spacial score (nSPS) is 10.4. The largest absolute Gasteiger partial charge is 0.356 e. The molecular formula is C12H20N2O. The molecule has 0 unspecified atom stereocenters. The van der Waals surface area contributed by atoms with Crippen LogP contribution in [0.2, 0.25) is 0 Å². The summed E-state index contributed by atoms with van der Waals surface area (Å²) >= 11 is 0. The van der Waals surface area contributed by atoms with Crippen molar-refractivity contribution < 1.29 is 4.79 Å². The van der Waals surface area contributed by atoms with Crippen molar-refractivity contribution in [2.45, 2.75) is 33.6 Å². The number of carbonyl (C=O) groups excluding carboxylic acids is 1. The third-order valence-electron chi connectivity index (χ3n) is 2.92. The summed E-state index contributed by atoms with van der Waals surface area (Å²) in [6.07, 6.45) is 1.48. The molecule has 0 aliphatic carbocycles. The molecule has 1 aromatic heterocycles. The molecule has 0 spiro atoms. The van der Waals surface area contributed by atoms with E-state index >= 15 is 0 Å². The quantitative estimate of drug-likeness (QED) is 0.803. The Labute approximate surface area is 91.5 Å². The maximum Gasteiger partial charge on any atom is 0.219 e. The molecule has 0 saturated carbocycles. The van der Waals surface area contributed by atoms with Crippen LogP contribution in [-0.4, -0.2) is 17.0 Å². The highest BCUT2D eigenvalue weighted by molar-refractivity contribution is 5.75. The van der Waals surface area contributed by atoms with Crippen LogP contribution >= 0.6 is 0 Å². The molecule has 84 valence electrons. The van der Waals surface area contributed by atoms with E-state index in [1.807, 2.05) is 6.92 Å². The number of aromatic nitrogens is 1. The van der Waals surface area contributed by atoms with E-state index in [9.17, 15) is 4.79 Å². The smallest absolute Gasteiger partial charge is 0.219 e. The number of hydrogen-bond acceptors (Lipinski definition) is 1. The van der Waals surface area contributed by atoms with Crippen LogP contribution in [0.3, 0.4) is 0 Å². The molecular weight excluding hydrogens is 188 g/mol. The average molecular weight is 208 g/mol. The van der Waals surface area contributed by atoms with Gasteiger partial charge in [-0.2, -0.15) is 0 Å². The van der Waals surface area contributed by atoms with Gasteiger partial charge in [-0.1, -0.05) is 6.92 Å². The average Bonchev–Trinajstić information content (AvgIpc) is 2.46. The van der Waals surface area contributed by atoms with Gasteiger partial charge in [0.15, 0.2) is 0 Å². The van der Waals surface area contributed by atoms with Gasteiger partial charge < -0.3 is 9.88 Å². The minimum atomic E-state index is 0.125. The second kappa shape index (κ2) is 5.01. The van der Waals surface area contributed by atoms with E-state index in [0.29, 0.717) is 6.42 Å². The highest BCUT2D eigenvalue weighted by Gasteiger charge is 2.05. The molecule has 1 rings (SSSR count). The molecule has 1 aromatic rings. The summed E-state index contributed by atoms with van der Waals surface area (Å²) < 4.78 is 2.18. The molecule has 0 fully saturated rings. The minimum absolute atomic E-state index is 0.125. The summed E-state index contributed by atoms with van der Waals surface area (Å²) in [7, 11) is 2.07. The molecule has 3 heteroatoms. The molecule has 0 atom stereocenters. The van der Waals surface area contributed by atoms with E-state index in [1.165, 1.54) is 17.0 Å². The van der Waals surface area contributed by atoms with Crippen LogP contribution in [0.25, 0.3) is 0 Å². The Bertz CT molecular complexity index is 353. The second-order valence-electron chi connectivity index (χ2n) is 3.91. The molecule has 1 amide bonds. The van der Waals surface area contributed by atoms with Crippen molar-refractivity contribution in [1.82, 2.24) is 9.88 Å². The molecule has 3 nitrogen and oxygen atoms in total. The molecule has 0 aliphatic heterocycles. The lowest BCUT2D eigenvalue weighted by Gasteiger charge is -2.04. The van der Waals surface area contributed by atoms with E-state index in [1.54, 1.807) is 0 Å². The molecule has 0 aromatic carbocycles. The molecule has 0 bridgehead atoms. The topological polar surface area (TPSA) is 34.0 Å². The van der Waals surface area contributed by atoms with E-state index in [0.717, 1.165) is 13.0 Å². The first-order valence-electron chi connectivity index (χ1n) is 5.44. The minimum Gasteiger partial charge on any atom is -0.356 e. The summed E-state index contributed by atoms with van der Waals surface area (Å²) in [5.74, 6) is 0.125. The van der Waals surface area contributed by atoms with Crippen LogP contribution in [0.1, 0.15) is 30.3 Å². The number of hydrogen-bond donors (Lipinski definition) is 1. The predicted molar refractivity (Wildman–Crippen MR) is 61.9 cm³/mol. The van der Waals surface area contributed by atoms with Gasteiger partial charge in [0.25, 0.3) is 0 Å². The van der Waals surface area contributed by atoms with Crippen molar-refractivity contribution in [3.8, 4) is 0 Å². The van der Waals surface area contributed by atoms with Crippen molar-refractivity contribution in [2.24, 2.45) is 7.05 Å². The number of amides is 1. The maximum atomic E-state index is 11.0. The van der Waals surface area contributed by atoms with Gasteiger partial charge in [0.05, 0.1) is 0 Å². The zero-order chi connectivity index (χ0) is 11.4. The fraction of sp³-hybridized carbons (Fsp3) is 0.583. The Balaban J connectivity index is 2.51. The lowest BCUT2D eigenvalue weighted by Crippen LogP contribution is -2.24. The van der Waals surface area contributed by atoms with Crippen LogP contribution in [0, 0.1) is 13.8 Å². The molecule has 1 heterocycles. The molecule has 0 radical (unpaired) electrons. The van der Waals surface area contributed by atoms with E-state index in [2.05, 4.69) is 36.8 Å². The van der Waals surface area contributed by atoms with Crippen molar-refractivity contribution in [2.75, 3.05) is 6.54 Å². The first-order valence-corrected chi connectivity index (χ1v) is 5.44. The zero-order valence-electron chi connectivity index (χ0n) is 10.1. The van der Waals surface area contributed by atoms with Crippen LogP contribution in [0.5, 0.6) is 0 Å². The Kier molecular flexibility index (Phi) is 3.95. The van der Waals surface area contributed by atoms with Crippen molar-refractivity contribution in [3.05, 3.63) is 23.0 Å². The Morgan fingerprint density at radius 3 is 2.60 bits per heavy atom. The Morgan fingerprint density at radius 2 is 2.13 bits per heavy atom. The molecule has 0 aliphatic rings. The second-order valence-corrected chi connectivity index (χ2v) is 3.91. The predicted octanol–water partition coefficient (Wildman–Crippen LogP) is 1.71. The van der Waals surface area contributed by atoms with E-state index < -0.39 is 0 Å². The number of nitrogens with zero attached hydrogens (tertiary/aromatic N) is 1. The third kappa shape index (κ3) is 2.85. The van der Waals surface area contributed by atoms with Crippen LogP contribution in [0.4, 0.5) is 0 Å². The summed E-state index contributed by atoms with van der Waals surface area (Å²) in [6, 6.07) is 2.19. The van der Waals surface area contributed by atoms with Gasteiger partial charge in [0, 0.05) is 31.4 Å². The summed E-state index contributed by atoms with van der Waals surface area (Å²) in [5, 5.41) is 2.89. The van der Waals surface area contributed by atoms with Crippen molar-refractivity contribution in [3.63, 3.8) is 0 Å². The van der Waals surface area contributed by atoms with Gasteiger partial charge in [-0.25, -0.2) is 0 Å². The van der Waals surface area contributed by atoms with Gasteiger partial charge in [-0.05, 0) is 31.9 Å². The number of rotatable bonds is 4. The number of aryl methyl sites for hydroxylation is 1. The zero-order valence-corrected chi connectivity index (χ0v) is 10.1. The van der Waals surface area contributed by atoms with E-state index in [4.69, 9.17) is 0 Å². The molecule has 0 saturated heterocycles. The van der Waals surface area contributed by atoms with Gasteiger partial charge in [-0.3, -0.25) is 4.79 Å². The fourth-order valence-corrected chi connectivity index (χ4v) is 1.65. The lowest BCUT2D eigenvalue weighted by atomic mass is 10.2. The lowest BCUT2D eigenvalue weighted by molar-refractivity contribution is -0.120. The summed E-state index contributed by atoms with van der Waals surface area (Å²) in [6.45, 7) is 6.81. The first kappa shape index (κ1) is 11.8. The first-order chi connectivity index (χ1) is 7.06. The summed E-state index contributed by atoms with van der Waals surface area (Å²) in [5.41, 5.74) is 3.88. The van der Waals surface area contributed by atoms with Gasteiger partial charge in [-0.15, -0.1) is 0 Å². The van der Waals surface area contributed by atoms with Gasteiger partial charge in [0.2, 0.25) is 5.91 Å². The van der Waals surface area contributed by atoms with Crippen LogP contribution in [-0.2, 0) is 18.3 Å². The van der Waals surface area contributed by atoms with Gasteiger partial charge >= 0.3 is 0 Å². The summed E-state index contributed by atoms with van der Waals surface area (Å²) in [4.78, 5) is 11.0. The number of nitrogens with one attached hydrogen (secondary N) is 1. The molecule has 15 heavy (non-hydrogen) atoms. The highest BCUT2D eigenvalue weighted by Crippen LogP contribution is 2.13. The van der Waals surface area contributed by atoms with E-state index in [-0.39, 0.29) is 5.91 Å². The fourth-order valence-electron chi connectivity index (χ4n) is 1.65.